The lowest BCUT2D eigenvalue weighted by Crippen LogP contribution is -2.30. The number of carbonyl (C=O) groups excluding carboxylic acids is 3. The molecule has 0 aliphatic rings. The van der Waals surface area contributed by atoms with Crippen LogP contribution in [0.15, 0.2) is 85.1 Å². The number of ether oxygens (including phenoxy) is 3. The molecular weight excluding hydrogens is 817 g/mol. The summed E-state index contributed by atoms with van der Waals surface area (Å²) in [5, 5.41) is 0. The van der Waals surface area contributed by atoms with Gasteiger partial charge in [0.25, 0.3) is 0 Å². The molecule has 0 N–H and O–H groups in total. The topological polar surface area (TPSA) is 78.9 Å². The minimum atomic E-state index is -0.800. The van der Waals surface area contributed by atoms with Crippen LogP contribution in [-0.2, 0) is 28.6 Å². The smallest absolute Gasteiger partial charge is 0.306 e. The van der Waals surface area contributed by atoms with E-state index in [2.05, 4.69) is 106 Å². The zero-order valence-electron chi connectivity index (χ0n) is 43.2. The Labute approximate surface area is 407 Å². The lowest BCUT2D eigenvalue weighted by Gasteiger charge is -2.18. The summed E-state index contributed by atoms with van der Waals surface area (Å²) in [6.45, 7) is 6.44. The third-order valence-electron chi connectivity index (χ3n) is 11.7. The molecule has 6 heteroatoms. The fourth-order valence-corrected chi connectivity index (χ4v) is 7.59. The van der Waals surface area contributed by atoms with Crippen molar-refractivity contribution in [2.75, 3.05) is 13.2 Å². The molecule has 0 saturated carbocycles. The largest absolute Gasteiger partial charge is 0.462 e. The van der Waals surface area contributed by atoms with Crippen LogP contribution in [-0.4, -0.2) is 37.2 Å². The zero-order valence-corrected chi connectivity index (χ0v) is 43.2. The molecule has 1 unspecified atom stereocenters. The van der Waals surface area contributed by atoms with Gasteiger partial charge in [-0.25, -0.2) is 0 Å². The molecular formula is C60H102O6. The second-order valence-corrected chi connectivity index (χ2v) is 18.2. The summed E-state index contributed by atoms with van der Waals surface area (Å²) in [5.41, 5.74) is 0. The van der Waals surface area contributed by atoms with E-state index >= 15 is 0 Å². The van der Waals surface area contributed by atoms with E-state index in [4.69, 9.17) is 14.2 Å². The fourth-order valence-electron chi connectivity index (χ4n) is 7.59. The average molecular weight is 919 g/mol. The Balaban J connectivity index is 4.43. The molecule has 0 aromatic rings. The number of rotatable bonds is 49. The van der Waals surface area contributed by atoms with Crippen molar-refractivity contribution < 1.29 is 28.6 Å². The molecule has 0 spiro atoms. The molecule has 0 saturated heterocycles. The minimum absolute atomic E-state index is 0.0998. The van der Waals surface area contributed by atoms with Crippen molar-refractivity contribution >= 4 is 17.9 Å². The highest BCUT2D eigenvalue weighted by atomic mass is 16.6. The van der Waals surface area contributed by atoms with Crippen LogP contribution < -0.4 is 0 Å². The lowest BCUT2D eigenvalue weighted by atomic mass is 10.0. The van der Waals surface area contributed by atoms with Gasteiger partial charge in [0.1, 0.15) is 13.2 Å². The van der Waals surface area contributed by atoms with Crippen LogP contribution in [0.25, 0.3) is 0 Å². The third kappa shape index (κ3) is 51.6. The van der Waals surface area contributed by atoms with Gasteiger partial charge >= 0.3 is 17.9 Å². The Kier molecular flexibility index (Phi) is 51.4. The van der Waals surface area contributed by atoms with E-state index in [-0.39, 0.29) is 31.1 Å². The Hall–Kier alpha value is -3.41. The Morgan fingerprint density at radius 2 is 0.652 bits per heavy atom. The molecule has 0 aromatic carbocycles. The van der Waals surface area contributed by atoms with Crippen LogP contribution in [0.1, 0.15) is 258 Å². The Morgan fingerprint density at radius 3 is 1.12 bits per heavy atom. The van der Waals surface area contributed by atoms with E-state index in [1.54, 1.807) is 0 Å². The van der Waals surface area contributed by atoms with Gasteiger partial charge in [0.05, 0.1) is 0 Å². The van der Waals surface area contributed by atoms with Crippen molar-refractivity contribution in [3.63, 3.8) is 0 Å². The predicted octanol–water partition coefficient (Wildman–Crippen LogP) is 18.4. The van der Waals surface area contributed by atoms with Gasteiger partial charge in [0.2, 0.25) is 0 Å². The maximum Gasteiger partial charge on any atom is 0.306 e. The molecule has 6 nitrogen and oxygen atoms in total. The molecule has 378 valence electrons. The van der Waals surface area contributed by atoms with E-state index in [9.17, 15) is 14.4 Å². The van der Waals surface area contributed by atoms with Crippen molar-refractivity contribution in [3.05, 3.63) is 85.1 Å². The van der Waals surface area contributed by atoms with E-state index in [1.165, 1.54) is 116 Å². The summed E-state index contributed by atoms with van der Waals surface area (Å²) < 4.78 is 16.8. The van der Waals surface area contributed by atoms with Gasteiger partial charge in [-0.05, 0) is 77.0 Å². The highest BCUT2D eigenvalue weighted by molar-refractivity contribution is 5.71. The number of esters is 3. The third-order valence-corrected chi connectivity index (χ3v) is 11.7. The highest BCUT2D eigenvalue weighted by Gasteiger charge is 2.19. The number of hydrogen-bond acceptors (Lipinski definition) is 6. The van der Waals surface area contributed by atoms with Crippen LogP contribution in [0.2, 0.25) is 0 Å². The molecule has 0 aliphatic heterocycles. The first-order chi connectivity index (χ1) is 32.5. The number of hydrogen-bond donors (Lipinski definition) is 0. The Bertz CT molecular complexity index is 1290. The highest BCUT2D eigenvalue weighted by Crippen LogP contribution is 2.16. The van der Waals surface area contributed by atoms with Crippen molar-refractivity contribution in [1.29, 1.82) is 0 Å². The number of unbranched alkanes of at least 4 members (excludes halogenated alkanes) is 27. The fraction of sp³-hybridized carbons (Fsp3) is 0.717. The van der Waals surface area contributed by atoms with E-state index in [1.807, 2.05) is 0 Å². The molecule has 0 aliphatic carbocycles. The van der Waals surface area contributed by atoms with Gasteiger partial charge in [0.15, 0.2) is 6.10 Å². The van der Waals surface area contributed by atoms with Crippen molar-refractivity contribution in [3.8, 4) is 0 Å². The van der Waals surface area contributed by atoms with Gasteiger partial charge in [-0.2, -0.15) is 0 Å². The van der Waals surface area contributed by atoms with Gasteiger partial charge in [0, 0.05) is 19.3 Å². The zero-order chi connectivity index (χ0) is 47.9. The standard InChI is InChI=1S/C60H102O6/c1-4-7-10-13-16-19-22-25-27-29-31-33-35-38-41-44-47-50-53-59(62)65-56-57(55-64-58(61)52-49-46-43-40-37-24-21-18-15-12-9-6-3)66-60(63)54-51-48-45-42-39-36-34-32-30-28-26-23-20-17-14-11-8-5-2/h9,12,16,18-19,21-22,25,27,29,31,33,37,40,57H,4-8,10-11,13-15,17,20,23-24,26,28,30,32,34-36,38-39,41-56H2,1-3H3/b12-9-,19-16-,21-18-,25-22-,29-27-,33-31-,40-37-. The summed E-state index contributed by atoms with van der Waals surface area (Å²) in [4.78, 5) is 38.0. The van der Waals surface area contributed by atoms with Gasteiger partial charge in [-0.1, -0.05) is 247 Å². The van der Waals surface area contributed by atoms with Crippen molar-refractivity contribution in [2.24, 2.45) is 0 Å². The lowest BCUT2D eigenvalue weighted by molar-refractivity contribution is -0.167. The average Bonchev–Trinajstić information content (AvgIpc) is 3.31. The van der Waals surface area contributed by atoms with E-state index in [0.717, 1.165) is 103 Å². The van der Waals surface area contributed by atoms with Crippen LogP contribution in [0.5, 0.6) is 0 Å². The monoisotopic (exact) mass is 919 g/mol. The van der Waals surface area contributed by atoms with E-state index < -0.39 is 6.10 Å². The first-order valence-electron chi connectivity index (χ1n) is 27.6. The molecule has 0 bridgehead atoms. The molecule has 0 fully saturated rings. The second-order valence-electron chi connectivity index (χ2n) is 18.2. The summed E-state index contributed by atoms with van der Waals surface area (Å²) in [6.07, 6.45) is 70.0. The van der Waals surface area contributed by atoms with Gasteiger partial charge in [-0.15, -0.1) is 0 Å². The van der Waals surface area contributed by atoms with Crippen molar-refractivity contribution in [1.82, 2.24) is 0 Å². The predicted molar refractivity (Wildman–Crippen MR) is 284 cm³/mol. The maximum atomic E-state index is 12.8. The molecule has 0 heterocycles. The molecule has 1 atom stereocenters. The van der Waals surface area contributed by atoms with Crippen molar-refractivity contribution in [2.45, 2.75) is 264 Å². The molecule has 0 radical (unpaired) electrons. The van der Waals surface area contributed by atoms with Gasteiger partial charge < -0.3 is 14.2 Å². The van der Waals surface area contributed by atoms with E-state index in [0.29, 0.717) is 19.3 Å². The first kappa shape index (κ1) is 62.6. The Morgan fingerprint density at radius 1 is 0.333 bits per heavy atom. The molecule has 0 amide bonds. The SMILES string of the molecule is CC/C=C\C/C=C\C/C=C\CCCCC(=O)OCC(COC(=O)CCCCCCC\C=C/C=C\C=C/C=C\CCCCC)OC(=O)CCCCCCCCCCCCCCCCCCCC. The van der Waals surface area contributed by atoms with Crippen LogP contribution in [0, 0.1) is 0 Å². The summed E-state index contributed by atoms with van der Waals surface area (Å²) in [5.74, 6) is -0.955. The summed E-state index contributed by atoms with van der Waals surface area (Å²) in [7, 11) is 0. The van der Waals surface area contributed by atoms with Crippen LogP contribution >= 0.6 is 0 Å². The number of carbonyl (C=O) groups is 3. The second kappa shape index (κ2) is 54.2. The van der Waals surface area contributed by atoms with Crippen LogP contribution in [0.4, 0.5) is 0 Å². The molecule has 0 rings (SSSR count). The molecule has 66 heavy (non-hydrogen) atoms. The quantitative estimate of drug-likeness (QED) is 0.0199. The van der Waals surface area contributed by atoms with Gasteiger partial charge in [-0.3, -0.25) is 14.4 Å². The summed E-state index contributed by atoms with van der Waals surface area (Å²) >= 11 is 0. The van der Waals surface area contributed by atoms with Crippen LogP contribution in [0.3, 0.4) is 0 Å². The minimum Gasteiger partial charge on any atom is -0.462 e. The maximum absolute atomic E-state index is 12.8. The number of allylic oxidation sites excluding steroid dienone is 14. The molecule has 0 aromatic heterocycles. The first-order valence-corrected chi connectivity index (χ1v) is 27.6. The summed E-state index contributed by atoms with van der Waals surface area (Å²) in [6, 6.07) is 0. The normalized spacial score (nSPS) is 12.7.